The number of carboxylic acids is 1. The second-order valence-electron chi connectivity index (χ2n) is 5.08. The normalized spacial score (nSPS) is 20.6. The van der Waals surface area contributed by atoms with E-state index in [1.807, 2.05) is 0 Å². The lowest BCUT2D eigenvalue weighted by molar-refractivity contribution is -0.143. The highest BCUT2D eigenvalue weighted by Gasteiger charge is 2.23. The summed E-state index contributed by atoms with van der Waals surface area (Å²) in [6.07, 6.45) is 1.00. The molecule has 1 fully saturated rings. The van der Waals surface area contributed by atoms with Crippen molar-refractivity contribution in [3.63, 3.8) is 0 Å². The van der Waals surface area contributed by atoms with Gasteiger partial charge in [-0.25, -0.2) is 4.79 Å². The van der Waals surface area contributed by atoms with E-state index in [9.17, 15) is 14.4 Å². The highest BCUT2D eigenvalue weighted by atomic mass is 16.4. The number of nitrogens with one attached hydrogen (secondary N) is 3. The van der Waals surface area contributed by atoms with Crippen LogP contribution >= 0.6 is 0 Å². The maximum Gasteiger partial charge on any atom is 0.315 e. The van der Waals surface area contributed by atoms with Crippen molar-refractivity contribution in [2.24, 2.45) is 11.8 Å². The third kappa shape index (κ3) is 5.15. The van der Waals surface area contributed by atoms with Gasteiger partial charge < -0.3 is 21.1 Å². The Kier molecular flexibility index (Phi) is 5.59. The summed E-state index contributed by atoms with van der Waals surface area (Å²) >= 11 is 0. The minimum absolute atomic E-state index is 0.00999. The fourth-order valence-electron chi connectivity index (χ4n) is 1.90. The predicted octanol–water partition coefficient (Wildman–Crippen LogP) is -0.0790. The Hall–Kier alpha value is -1.79. The molecule has 7 nitrogen and oxygen atoms in total. The number of carbonyl (C=O) groups is 3. The topological polar surface area (TPSA) is 108 Å². The van der Waals surface area contributed by atoms with Crippen molar-refractivity contribution in [2.75, 3.05) is 13.1 Å². The van der Waals surface area contributed by atoms with Gasteiger partial charge >= 0.3 is 12.0 Å². The second-order valence-corrected chi connectivity index (χ2v) is 5.08. The molecule has 4 N–H and O–H groups in total. The van der Waals surface area contributed by atoms with E-state index in [2.05, 4.69) is 16.0 Å². The zero-order chi connectivity index (χ0) is 14.4. The summed E-state index contributed by atoms with van der Waals surface area (Å²) < 4.78 is 0. The van der Waals surface area contributed by atoms with E-state index >= 15 is 0 Å². The van der Waals surface area contributed by atoms with Crippen LogP contribution in [0.2, 0.25) is 0 Å². The van der Waals surface area contributed by atoms with Gasteiger partial charge in [-0.1, -0.05) is 13.8 Å². The lowest BCUT2D eigenvalue weighted by atomic mass is 9.96. The van der Waals surface area contributed by atoms with Crippen LogP contribution in [-0.4, -0.2) is 42.1 Å². The van der Waals surface area contributed by atoms with Gasteiger partial charge in [-0.2, -0.15) is 0 Å². The van der Waals surface area contributed by atoms with Crippen LogP contribution in [0.5, 0.6) is 0 Å². The summed E-state index contributed by atoms with van der Waals surface area (Å²) in [4.78, 5) is 33.5. The van der Waals surface area contributed by atoms with E-state index in [-0.39, 0.29) is 24.4 Å². The maximum atomic E-state index is 11.6. The first kappa shape index (κ1) is 15.3. The van der Waals surface area contributed by atoms with Gasteiger partial charge in [0.05, 0.1) is 5.92 Å². The number of urea groups is 1. The first-order valence-corrected chi connectivity index (χ1v) is 6.44. The molecule has 0 bridgehead atoms. The van der Waals surface area contributed by atoms with Crippen molar-refractivity contribution in [2.45, 2.75) is 32.7 Å². The summed E-state index contributed by atoms with van der Waals surface area (Å²) in [5.41, 5.74) is 0. The molecule has 0 radical (unpaired) electrons. The average Bonchev–Trinajstić information content (AvgIpc) is 2.31. The minimum atomic E-state index is -0.916. The van der Waals surface area contributed by atoms with Crippen molar-refractivity contribution < 1.29 is 19.5 Å². The largest absolute Gasteiger partial charge is 0.481 e. The van der Waals surface area contributed by atoms with Gasteiger partial charge in [0.1, 0.15) is 0 Å². The third-order valence-corrected chi connectivity index (χ3v) is 3.21. The smallest absolute Gasteiger partial charge is 0.315 e. The lowest BCUT2D eigenvalue weighted by Crippen LogP contribution is -2.51. The van der Waals surface area contributed by atoms with Gasteiger partial charge in [0.15, 0.2) is 0 Å². The SMILES string of the molecule is CC(C)C(CNC(=O)NC1CCC(=O)NC1)C(=O)O. The van der Waals surface area contributed by atoms with Crippen molar-refractivity contribution in [1.29, 1.82) is 0 Å². The standard InChI is InChI=1S/C12H21N3O4/c1-7(2)9(11(17)18)6-14-12(19)15-8-3-4-10(16)13-5-8/h7-9H,3-6H2,1-2H3,(H,13,16)(H,17,18)(H2,14,15,19). The van der Waals surface area contributed by atoms with Crippen LogP contribution in [0.3, 0.4) is 0 Å². The number of piperidine rings is 1. The molecule has 7 heteroatoms. The molecule has 0 saturated carbocycles. The fourth-order valence-corrected chi connectivity index (χ4v) is 1.90. The monoisotopic (exact) mass is 271 g/mol. The first-order chi connectivity index (χ1) is 8.90. The molecule has 0 aromatic carbocycles. The maximum absolute atomic E-state index is 11.6. The van der Waals surface area contributed by atoms with Crippen molar-refractivity contribution >= 4 is 17.9 Å². The molecule has 0 aliphatic carbocycles. The Balaban J connectivity index is 2.31. The van der Waals surface area contributed by atoms with Crippen LogP contribution in [0.15, 0.2) is 0 Å². The Morgan fingerprint density at radius 3 is 2.63 bits per heavy atom. The first-order valence-electron chi connectivity index (χ1n) is 6.44. The summed E-state index contributed by atoms with van der Waals surface area (Å²) in [6, 6.07) is -0.493. The number of hydrogen-bond donors (Lipinski definition) is 4. The van der Waals surface area contributed by atoms with Crippen LogP contribution in [0.4, 0.5) is 4.79 Å². The van der Waals surface area contributed by atoms with E-state index in [1.54, 1.807) is 13.8 Å². The van der Waals surface area contributed by atoms with Crippen molar-refractivity contribution in [3.8, 4) is 0 Å². The van der Waals surface area contributed by atoms with Gasteiger partial charge in [0.25, 0.3) is 0 Å². The molecule has 2 atom stereocenters. The van der Waals surface area contributed by atoms with Crippen LogP contribution in [-0.2, 0) is 9.59 Å². The molecule has 2 unspecified atom stereocenters. The van der Waals surface area contributed by atoms with E-state index < -0.39 is 17.9 Å². The van der Waals surface area contributed by atoms with Crippen molar-refractivity contribution in [3.05, 3.63) is 0 Å². The van der Waals surface area contributed by atoms with Gasteiger partial charge in [-0.05, 0) is 12.3 Å². The van der Waals surface area contributed by atoms with Crippen LogP contribution < -0.4 is 16.0 Å². The molecule has 3 amide bonds. The molecule has 1 aliphatic rings. The van der Waals surface area contributed by atoms with Gasteiger partial charge in [0.2, 0.25) is 5.91 Å². The summed E-state index contributed by atoms with van der Waals surface area (Å²) in [7, 11) is 0. The van der Waals surface area contributed by atoms with E-state index in [4.69, 9.17) is 5.11 Å². The Bertz CT molecular complexity index is 347. The molecule has 108 valence electrons. The summed E-state index contributed by atoms with van der Waals surface area (Å²) in [5.74, 6) is -1.58. The van der Waals surface area contributed by atoms with Gasteiger partial charge in [-0.15, -0.1) is 0 Å². The summed E-state index contributed by atoms with van der Waals surface area (Å²) in [6.45, 7) is 4.11. The Morgan fingerprint density at radius 2 is 2.16 bits per heavy atom. The molecule has 1 aliphatic heterocycles. The molecule has 0 spiro atoms. The zero-order valence-corrected chi connectivity index (χ0v) is 11.2. The minimum Gasteiger partial charge on any atom is -0.481 e. The molecule has 19 heavy (non-hydrogen) atoms. The zero-order valence-electron chi connectivity index (χ0n) is 11.2. The lowest BCUT2D eigenvalue weighted by Gasteiger charge is -2.24. The number of aliphatic carboxylic acids is 1. The number of carboxylic acid groups (broad SMARTS) is 1. The quantitative estimate of drug-likeness (QED) is 0.561. The van der Waals surface area contributed by atoms with E-state index in [0.29, 0.717) is 19.4 Å². The highest BCUT2D eigenvalue weighted by molar-refractivity contribution is 5.78. The van der Waals surface area contributed by atoms with Crippen molar-refractivity contribution in [1.82, 2.24) is 16.0 Å². The number of hydrogen-bond acceptors (Lipinski definition) is 3. The average molecular weight is 271 g/mol. The number of amides is 3. The molecular formula is C12H21N3O4. The molecule has 1 heterocycles. The fraction of sp³-hybridized carbons (Fsp3) is 0.750. The van der Waals surface area contributed by atoms with Crippen LogP contribution in [0, 0.1) is 11.8 Å². The summed E-state index contributed by atoms with van der Waals surface area (Å²) in [5, 5.41) is 16.9. The highest BCUT2D eigenvalue weighted by Crippen LogP contribution is 2.09. The van der Waals surface area contributed by atoms with Gasteiger partial charge in [0, 0.05) is 25.6 Å². The Morgan fingerprint density at radius 1 is 1.47 bits per heavy atom. The third-order valence-electron chi connectivity index (χ3n) is 3.21. The van der Waals surface area contributed by atoms with E-state index in [0.717, 1.165) is 0 Å². The second kappa shape index (κ2) is 6.96. The number of rotatable bonds is 5. The molecule has 0 aromatic rings. The molecule has 0 aromatic heterocycles. The van der Waals surface area contributed by atoms with Crippen LogP contribution in [0.1, 0.15) is 26.7 Å². The van der Waals surface area contributed by atoms with Crippen LogP contribution in [0.25, 0.3) is 0 Å². The predicted molar refractivity (Wildman–Crippen MR) is 68.5 cm³/mol. The molecule has 1 saturated heterocycles. The number of carbonyl (C=O) groups excluding carboxylic acids is 2. The van der Waals surface area contributed by atoms with Gasteiger partial charge in [-0.3, -0.25) is 9.59 Å². The molecular weight excluding hydrogens is 250 g/mol. The molecule has 1 rings (SSSR count). The Labute approximate surface area is 112 Å². The van der Waals surface area contributed by atoms with E-state index in [1.165, 1.54) is 0 Å².